The van der Waals surface area contributed by atoms with Gasteiger partial charge in [-0.25, -0.2) is 4.79 Å². The summed E-state index contributed by atoms with van der Waals surface area (Å²) in [7, 11) is 0. The number of phenolic OH excluding ortho intramolecular Hbond substituents is 1. The van der Waals surface area contributed by atoms with Crippen molar-refractivity contribution in [3.05, 3.63) is 41.6 Å². The topological polar surface area (TPSA) is 95.3 Å². The van der Waals surface area contributed by atoms with Crippen molar-refractivity contribution in [2.75, 3.05) is 5.32 Å². The minimum absolute atomic E-state index is 0.0213. The van der Waals surface area contributed by atoms with E-state index in [-0.39, 0.29) is 11.3 Å². The molecule has 0 bridgehead atoms. The van der Waals surface area contributed by atoms with Gasteiger partial charge in [0.15, 0.2) is 5.82 Å². The number of rotatable bonds is 3. The number of aromatic carboxylic acids is 1. The Labute approximate surface area is 103 Å². The van der Waals surface area contributed by atoms with Gasteiger partial charge in [-0.05, 0) is 37.3 Å². The van der Waals surface area contributed by atoms with Crippen LogP contribution >= 0.6 is 0 Å². The van der Waals surface area contributed by atoms with Crippen molar-refractivity contribution < 1.29 is 15.0 Å². The number of phenols is 1. The number of carboxylic acid groups (broad SMARTS) is 1. The predicted molar refractivity (Wildman–Crippen MR) is 65.1 cm³/mol. The Morgan fingerprint density at radius 3 is 2.56 bits per heavy atom. The van der Waals surface area contributed by atoms with Gasteiger partial charge in [0.1, 0.15) is 5.75 Å². The summed E-state index contributed by atoms with van der Waals surface area (Å²) in [5.41, 5.74) is 1.18. The zero-order chi connectivity index (χ0) is 13.1. The maximum absolute atomic E-state index is 10.7. The molecule has 0 saturated heterocycles. The Balaban J connectivity index is 2.24. The molecule has 0 unspecified atom stereocenters. The fourth-order valence-electron chi connectivity index (χ4n) is 1.37. The van der Waals surface area contributed by atoms with E-state index in [9.17, 15) is 9.90 Å². The number of nitrogens with zero attached hydrogens (tertiary/aromatic N) is 2. The van der Waals surface area contributed by atoms with Crippen LogP contribution in [0.25, 0.3) is 0 Å². The standard InChI is InChI=1S/C12H11N3O3/c1-7-2-5-11(15-14-7)13-9-4-3-8(12(17)18)6-10(9)16/h2-6,16H,1H3,(H,13,15)(H,17,18). The summed E-state index contributed by atoms with van der Waals surface area (Å²) in [6, 6.07) is 7.53. The summed E-state index contributed by atoms with van der Waals surface area (Å²) >= 11 is 0. The monoisotopic (exact) mass is 245 g/mol. The average molecular weight is 245 g/mol. The summed E-state index contributed by atoms with van der Waals surface area (Å²) < 4.78 is 0. The second kappa shape index (κ2) is 4.70. The molecule has 0 amide bonds. The molecular formula is C12H11N3O3. The molecule has 0 spiro atoms. The van der Waals surface area contributed by atoms with Crippen LogP contribution in [-0.4, -0.2) is 26.4 Å². The molecule has 3 N–H and O–H groups in total. The highest BCUT2D eigenvalue weighted by atomic mass is 16.4. The fraction of sp³-hybridized carbons (Fsp3) is 0.0833. The van der Waals surface area contributed by atoms with Gasteiger partial charge in [-0.3, -0.25) is 0 Å². The summed E-state index contributed by atoms with van der Waals surface area (Å²) in [4.78, 5) is 10.7. The zero-order valence-corrected chi connectivity index (χ0v) is 9.58. The average Bonchev–Trinajstić information content (AvgIpc) is 2.34. The van der Waals surface area contributed by atoms with Crippen molar-refractivity contribution in [1.29, 1.82) is 0 Å². The van der Waals surface area contributed by atoms with E-state index in [4.69, 9.17) is 5.11 Å². The molecule has 18 heavy (non-hydrogen) atoms. The third kappa shape index (κ3) is 2.54. The smallest absolute Gasteiger partial charge is 0.335 e. The minimum atomic E-state index is -1.09. The highest BCUT2D eigenvalue weighted by Crippen LogP contribution is 2.26. The van der Waals surface area contributed by atoms with Crippen LogP contribution in [0.3, 0.4) is 0 Å². The largest absolute Gasteiger partial charge is 0.506 e. The lowest BCUT2D eigenvalue weighted by atomic mass is 10.2. The predicted octanol–water partition coefficient (Wildman–Crippen LogP) is 1.93. The van der Waals surface area contributed by atoms with E-state index in [2.05, 4.69) is 15.5 Å². The molecule has 92 valence electrons. The number of hydrogen-bond donors (Lipinski definition) is 3. The van der Waals surface area contributed by atoms with Crippen molar-refractivity contribution in [2.45, 2.75) is 6.92 Å². The second-order valence-corrected chi connectivity index (χ2v) is 3.72. The molecule has 0 atom stereocenters. The van der Waals surface area contributed by atoms with Gasteiger partial charge < -0.3 is 15.5 Å². The summed E-state index contributed by atoms with van der Waals surface area (Å²) in [6.45, 7) is 1.82. The van der Waals surface area contributed by atoms with Crippen molar-refractivity contribution in [2.24, 2.45) is 0 Å². The van der Waals surface area contributed by atoms with Crippen molar-refractivity contribution >= 4 is 17.5 Å². The lowest BCUT2D eigenvalue weighted by molar-refractivity contribution is 0.0696. The number of aromatic hydroxyl groups is 1. The van der Waals surface area contributed by atoms with Gasteiger partial charge in [0.2, 0.25) is 0 Å². The summed E-state index contributed by atoms with van der Waals surface area (Å²) in [5, 5.41) is 29.0. The first-order valence-corrected chi connectivity index (χ1v) is 5.20. The number of aryl methyl sites for hydroxylation is 1. The Kier molecular flexibility index (Phi) is 3.09. The number of hydrogen-bond acceptors (Lipinski definition) is 5. The van der Waals surface area contributed by atoms with E-state index < -0.39 is 5.97 Å². The van der Waals surface area contributed by atoms with Crippen molar-refractivity contribution in [1.82, 2.24) is 10.2 Å². The molecule has 2 aromatic rings. The Morgan fingerprint density at radius 2 is 2.00 bits per heavy atom. The van der Waals surface area contributed by atoms with Gasteiger partial charge in [-0.15, -0.1) is 5.10 Å². The van der Waals surface area contributed by atoms with E-state index in [1.54, 1.807) is 12.1 Å². The molecule has 0 saturated carbocycles. The van der Waals surface area contributed by atoms with Gasteiger partial charge in [0.25, 0.3) is 0 Å². The first-order chi connectivity index (χ1) is 8.56. The van der Waals surface area contributed by atoms with E-state index in [1.807, 2.05) is 6.92 Å². The highest BCUT2D eigenvalue weighted by molar-refractivity contribution is 5.89. The van der Waals surface area contributed by atoms with Gasteiger partial charge in [0.05, 0.1) is 16.9 Å². The first-order valence-electron chi connectivity index (χ1n) is 5.20. The minimum Gasteiger partial charge on any atom is -0.506 e. The molecule has 0 fully saturated rings. The van der Waals surface area contributed by atoms with Gasteiger partial charge >= 0.3 is 5.97 Å². The van der Waals surface area contributed by atoms with Crippen LogP contribution < -0.4 is 5.32 Å². The van der Waals surface area contributed by atoms with Crippen LogP contribution in [0.4, 0.5) is 11.5 Å². The summed E-state index contributed by atoms with van der Waals surface area (Å²) in [6.07, 6.45) is 0. The maximum atomic E-state index is 10.7. The zero-order valence-electron chi connectivity index (χ0n) is 9.58. The Bertz CT molecular complexity index is 582. The Morgan fingerprint density at radius 1 is 1.22 bits per heavy atom. The van der Waals surface area contributed by atoms with Crippen LogP contribution in [0, 0.1) is 6.92 Å². The molecule has 2 rings (SSSR count). The van der Waals surface area contributed by atoms with E-state index in [0.29, 0.717) is 11.5 Å². The second-order valence-electron chi connectivity index (χ2n) is 3.72. The number of aromatic nitrogens is 2. The number of anilines is 2. The molecular weight excluding hydrogens is 234 g/mol. The molecule has 1 aromatic heterocycles. The molecule has 0 aliphatic carbocycles. The van der Waals surface area contributed by atoms with E-state index in [1.165, 1.54) is 18.2 Å². The first kappa shape index (κ1) is 11.8. The SMILES string of the molecule is Cc1ccc(Nc2ccc(C(=O)O)cc2O)nn1. The van der Waals surface area contributed by atoms with Crippen LogP contribution in [0.15, 0.2) is 30.3 Å². The van der Waals surface area contributed by atoms with Gasteiger partial charge in [0, 0.05) is 0 Å². The number of benzene rings is 1. The lowest BCUT2D eigenvalue weighted by Gasteiger charge is -2.07. The molecule has 1 aromatic carbocycles. The van der Waals surface area contributed by atoms with Gasteiger partial charge in [-0.2, -0.15) is 5.10 Å². The summed E-state index contributed by atoms with van der Waals surface area (Å²) in [5.74, 6) is -0.775. The lowest BCUT2D eigenvalue weighted by Crippen LogP contribution is -1.99. The van der Waals surface area contributed by atoms with Crippen LogP contribution in [-0.2, 0) is 0 Å². The molecule has 1 heterocycles. The van der Waals surface area contributed by atoms with Crippen LogP contribution in [0.5, 0.6) is 5.75 Å². The van der Waals surface area contributed by atoms with Crippen LogP contribution in [0.1, 0.15) is 16.1 Å². The highest BCUT2D eigenvalue weighted by Gasteiger charge is 2.08. The molecule has 6 nitrogen and oxygen atoms in total. The fourth-order valence-corrected chi connectivity index (χ4v) is 1.37. The quantitative estimate of drug-likeness (QED) is 0.715. The molecule has 6 heteroatoms. The van der Waals surface area contributed by atoms with Crippen molar-refractivity contribution in [3.8, 4) is 5.75 Å². The van der Waals surface area contributed by atoms with E-state index in [0.717, 1.165) is 5.69 Å². The third-order valence-corrected chi connectivity index (χ3v) is 2.31. The molecule has 0 radical (unpaired) electrons. The number of carboxylic acids is 1. The molecule has 0 aliphatic rings. The molecule has 0 aliphatic heterocycles. The number of carbonyl (C=O) groups is 1. The normalized spacial score (nSPS) is 10.1. The maximum Gasteiger partial charge on any atom is 0.335 e. The van der Waals surface area contributed by atoms with E-state index >= 15 is 0 Å². The van der Waals surface area contributed by atoms with Crippen molar-refractivity contribution in [3.63, 3.8) is 0 Å². The van der Waals surface area contributed by atoms with Crippen LogP contribution in [0.2, 0.25) is 0 Å². The van der Waals surface area contributed by atoms with Gasteiger partial charge in [-0.1, -0.05) is 0 Å². The number of nitrogens with one attached hydrogen (secondary N) is 1. The Hall–Kier alpha value is -2.63. The third-order valence-electron chi connectivity index (χ3n) is 2.31.